The number of hydrogen-bond donors (Lipinski definition) is 2. The minimum Gasteiger partial charge on any atom is -0.384 e. The number of nitrogens with two attached hydrogens (primary N) is 1. The molecular weight excluding hydrogens is 236 g/mol. The van der Waals surface area contributed by atoms with E-state index in [1.807, 2.05) is 19.9 Å². The minimum absolute atomic E-state index is 0.122. The third-order valence-electron chi connectivity index (χ3n) is 3.97. The molecular formula is C15H24N4. The first-order valence-corrected chi connectivity index (χ1v) is 7.13. The summed E-state index contributed by atoms with van der Waals surface area (Å²) >= 11 is 0. The van der Waals surface area contributed by atoms with Crippen LogP contribution in [0.3, 0.4) is 0 Å². The van der Waals surface area contributed by atoms with E-state index in [2.05, 4.69) is 16.8 Å². The molecule has 4 nitrogen and oxygen atoms in total. The van der Waals surface area contributed by atoms with Gasteiger partial charge in [-0.3, -0.25) is 5.41 Å². The Bertz CT molecular complexity index is 475. The van der Waals surface area contributed by atoms with Crippen LogP contribution in [-0.4, -0.2) is 23.4 Å². The van der Waals surface area contributed by atoms with Crippen molar-refractivity contribution in [2.24, 2.45) is 5.73 Å². The molecule has 0 radical (unpaired) electrons. The first-order chi connectivity index (χ1) is 9.04. The van der Waals surface area contributed by atoms with Gasteiger partial charge in [0.25, 0.3) is 0 Å². The molecule has 104 valence electrons. The maximum Gasteiger partial charge on any atom is 0.140 e. The topological polar surface area (TPSA) is 66.0 Å². The normalized spacial score (nSPS) is 15.7. The quantitative estimate of drug-likeness (QED) is 0.646. The number of amidine groups is 1. The van der Waals surface area contributed by atoms with E-state index < -0.39 is 0 Å². The molecule has 0 spiro atoms. The number of aromatic nitrogens is 1. The van der Waals surface area contributed by atoms with Crippen molar-refractivity contribution in [2.45, 2.75) is 52.5 Å². The number of rotatable bonds is 4. The number of nitrogen functional groups attached to an aromatic ring is 1. The molecule has 1 aromatic rings. The maximum atomic E-state index is 7.84. The average molecular weight is 260 g/mol. The highest BCUT2D eigenvalue weighted by atomic mass is 15.2. The van der Waals surface area contributed by atoms with E-state index in [0.29, 0.717) is 6.04 Å². The van der Waals surface area contributed by atoms with E-state index in [1.165, 1.54) is 25.7 Å². The molecule has 1 aromatic heterocycles. The van der Waals surface area contributed by atoms with E-state index in [-0.39, 0.29) is 5.84 Å². The standard InChI is InChI=1S/C15H24N4/c1-4-19(12-7-5-6-8-12)15-13(14(16)17)10(2)9-11(3)18-15/h9,12H,4-8H2,1-3H3,(H3,16,17). The fourth-order valence-corrected chi connectivity index (χ4v) is 3.15. The number of nitrogens with zero attached hydrogens (tertiary/aromatic N) is 2. The lowest BCUT2D eigenvalue weighted by Crippen LogP contribution is -2.36. The fraction of sp³-hybridized carbons (Fsp3) is 0.600. The van der Waals surface area contributed by atoms with Crippen LogP contribution in [0, 0.1) is 19.3 Å². The summed E-state index contributed by atoms with van der Waals surface area (Å²) in [5.41, 5.74) is 8.62. The van der Waals surface area contributed by atoms with Gasteiger partial charge in [0.2, 0.25) is 0 Å². The lowest BCUT2D eigenvalue weighted by molar-refractivity contribution is 0.612. The zero-order valence-electron chi connectivity index (χ0n) is 12.2. The smallest absolute Gasteiger partial charge is 0.140 e. The molecule has 4 heteroatoms. The first kappa shape index (κ1) is 13.8. The van der Waals surface area contributed by atoms with Gasteiger partial charge in [-0.2, -0.15) is 0 Å². The van der Waals surface area contributed by atoms with Crippen molar-refractivity contribution < 1.29 is 0 Å². The van der Waals surface area contributed by atoms with Crippen molar-refractivity contribution in [2.75, 3.05) is 11.4 Å². The third kappa shape index (κ3) is 2.72. The molecule has 1 aliphatic carbocycles. The van der Waals surface area contributed by atoms with Crippen molar-refractivity contribution >= 4 is 11.7 Å². The molecule has 0 unspecified atom stereocenters. The number of nitrogens with one attached hydrogen (secondary N) is 1. The van der Waals surface area contributed by atoms with Gasteiger partial charge in [0.15, 0.2) is 0 Å². The number of hydrogen-bond acceptors (Lipinski definition) is 3. The molecule has 0 aliphatic heterocycles. The van der Waals surface area contributed by atoms with Gasteiger partial charge >= 0.3 is 0 Å². The maximum absolute atomic E-state index is 7.84. The lowest BCUT2D eigenvalue weighted by atomic mass is 10.1. The van der Waals surface area contributed by atoms with Crippen LogP contribution in [0.25, 0.3) is 0 Å². The highest BCUT2D eigenvalue weighted by Crippen LogP contribution is 2.30. The van der Waals surface area contributed by atoms with Gasteiger partial charge in [-0.15, -0.1) is 0 Å². The van der Waals surface area contributed by atoms with E-state index in [4.69, 9.17) is 11.1 Å². The summed E-state index contributed by atoms with van der Waals surface area (Å²) in [6, 6.07) is 2.56. The van der Waals surface area contributed by atoms with Gasteiger partial charge in [0.05, 0.1) is 5.56 Å². The van der Waals surface area contributed by atoms with Crippen LogP contribution in [0.15, 0.2) is 6.07 Å². The molecule has 3 N–H and O–H groups in total. The summed E-state index contributed by atoms with van der Waals surface area (Å²) in [6.07, 6.45) is 5.03. The van der Waals surface area contributed by atoms with Crippen LogP contribution < -0.4 is 10.6 Å². The predicted octanol–water partition coefficient (Wildman–Crippen LogP) is 2.75. The SMILES string of the molecule is CCN(c1nc(C)cc(C)c1C(=N)N)C1CCCC1. The predicted molar refractivity (Wildman–Crippen MR) is 80.0 cm³/mol. The monoisotopic (exact) mass is 260 g/mol. The third-order valence-corrected chi connectivity index (χ3v) is 3.97. The Balaban J connectivity index is 2.48. The Morgan fingerprint density at radius 1 is 1.42 bits per heavy atom. The Labute approximate surface area is 115 Å². The molecule has 0 aromatic carbocycles. The Morgan fingerprint density at radius 2 is 2.05 bits per heavy atom. The van der Waals surface area contributed by atoms with Gasteiger partial charge < -0.3 is 10.6 Å². The largest absolute Gasteiger partial charge is 0.384 e. The summed E-state index contributed by atoms with van der Waals surface area (Å²) < 4.78 is 0. The zero-order valence-corrected chi connectivity index (χ0v) is 12.2. The Hall–Kier alpha value is -1.58. The Morgan fingerprint density at radius 3 is 2.58 bits per heavy atom. The second kappa shape index (κ2) is 5.59. The zero-order chi connectivity index (χ0) is 14.0. The molecule has 19 heavy (non-hydrogen) atoms. The van der Waals surface area contributed by atoms with Gasteiger partial charge in [0.1, 0.15) is 11.7 Å². The highest BCUT2D eigenvalue weighted by Gasteiger charge is 2.26. The number of aryl methyl sites for hydroxylation is 2. The van der Waals surface area contributed by atoms with Crippen LogP contribution in [-0.2, 0) is 0 Å². The molecule has 0 saturated heterocycles. The summed E-state index contributed by atoms with van der Waals surface area (Å²) in [5, 5.41) is 7.84. The van der Waals surface area contributed by atoms with Gasteiger partial charge in [-0.25, -0.2) is 4.98 Å². The van der Waals surface area contributed by atoms with Crippen LogP contribution in [0.2, 0.25) is 0 Å². The second-order valence-corrected chi connectivity index (χ2v) is 5.42. The Kier molecular flexibility index (Phi) is 4.08. The van der Waals surface area contributed by atoms with Crippen molar-refractivity contribution in [3.05, 3.63) is 22.9 Å². The van der Waals surface area contributed by atoms with Crippen LogP contribution >= 0.6 is 0 Å². The number of anilines is 1. The van der Waals surface area contributed by atoms with Crippen LogP contribution in [0.1, 0.15) is 49.4 Å². The minimum atomic E-state index is 0.122. The van der Waals surface area contributed by atoms with Crippen molar-refractivity contribution in [3.63, 3.8) is 0 Å². The number of pyridine rings is 1. The summed E-state index contributed by atoms with van der Waals surface area (Å²) in [6.45, 7) is 7.09. The molecule has 0 atom stereocenters. The summed E-state index contributed by atoms with van der Waals surface area (Å²) in [4.78, 5) is 7.01. The van der Waals surface area contributed by atoms with Crippen molar-refractivity contribution in [3.8, 4) is 0 Å². The van der Waals surface area contributed by atoms with Crippen LogP contribution in [0.5, 0.6) is 0 Å². The highest BCUT2D eigenvalue weighted by molar-refractivity contribution is 6.01. The molecule has 1 aliphatic rings. The van der Waals surface area contributed by atoms with Gasteiger partial charge in [-0.1, -0.05) is 12.8 Å². The van der Waals surface area contributed by atoms with Gasteiger partial charge in [-0.05, 0) is 45.2 Å². The second-order valence-electron chi connectivity index (χ2n) is 5.42. The first-order valence-electron chi connectivity index (χ1n) is 7.13. The molecule has 1 heterocycles. The van der Waals surface area contributed by atoms with Crippen LogP contribution in [0.4, 0.5) is 5.82 Å². The molecule has 0 bridgehead atoms. The van der Waals surface area contributed by atoms with Crippen molar-refractivity contribution in [1.82, 2.24) is 4.98 Å². The lowest BCUT2D eigenvalue weighted by Gasteiger charge is -2.31. The molecule has 1 saturated carbocycles. The molecule has 0 amide bonds. The van der Waals surface area contributed by atoms with E-state index in [1.54, 1.807) is 0 Å². The van der Waals surface area contributed by atoms with E-state index >= 15 is 0 Å². The summed E-state index contributed by atoms with van der Waals surface area (Å²) in [7, 11) is 0. The van der Waals surface area contributed by atoms with Crippen molar-refractivity contribution in [1.29, 1.82) is 5.41 Å². The van der Waals surface area contributed by atoms with Gasteiger partial charge in [0, 0.05) is 18.3 Å². The average Bonchev–Trinajstić information content (AvgIpc) is 2.82. The molecule has 2 rings (SSSR count). The fourth-order valence-electron chi connectivity index (χ4n) is 3.15. The van der Waals surface area contributed by atoms with E-state index in [0.717, 1.165) is 29.2 Å². The van der Waals surface area contributed by atoms with E-state index in [9.17, 15) is 0 Å². The molecule has 1 fully saturated rings. The summed E-state index contributed by atoms with van der Waals surface area (Å²) in [5.74, 6) is 1.02.